The van der Waals surface area contributed by atoms with Gasteiger partial charge in [-0.25, -0.2) is 0 Å². The van der Waals surface area contributed by atoms with E-state index < -0.39 is 0 Å². The van der Waals surface area contributed by atoms with Gasteiger partial charge in [-0.3, -0.25) is 4.79 Å². The van der Waals surface area contributed by atoms with Crippen LogP contribution in [0.2, 0.25) is 0 Å². The molecule has 1 N–H and O–H groups in total. The Hall–Kier alpha value is -3.33. The molecule has 0 saturated carbocycles. The summed E-state index contributed by atoms with van der Waals surface area (Å²) in [5, 5.41) is 4.14. The van der Waals surface area contributed by atoms with Gasteiger partial charge in [-0.1, -0.05) is 36.4 Å². The number of aromatic amines is 1. The highest BCUT2D eigenvalue weighted by Crippen LogP contribution is 2.27. The summed E-state index contributed by atoms with van der Waals surface area (Å²) in [5.74, 6) is 0. The number of fused-ring (bicyclic) bond motifs is 4. The van der Waals surface area contributed by atoms with E-state index in [0.29, 0.717) is 0 Å². The number of aryl methyl sites for hydroxylation is 1. The molecular formula is C23H18N2O. The summed E-state index contributed by atoms with van der Waals surface area (Å²) < 4.78 is 2.16. The summed E-state index contributed by atoms with van der Waals surface area (Å²) in [6, 6.07) is 22.4. The Morgan fingerprint density at radius 2 is 1.77 bits per heavy atom. The van der Waals surface area contributed by atoms with Crippen molar-refractivity contribution in [1.82, 2.24) is 9.55 Å². The van der Waals surface area contributed by atoms with Gasteiger partial charge in [0.1, 0.15) is 0 Å². The van der Waals surface area contributed by atoms with Gasteiger partial charge >= 0.3 is 0 Å². The maximum atomic E-state index is 12.9. The molecule has 2 aromatic heterocycles. The molecule has 0 aliphatic heterocycles. The van der Waals surface area contributed by atoms with Gasteiger partial charge in [0.05, 0.1) is 10.9 Å². The van der Waals surface area contributed by atoms with Crippen molar-refractivity contribution in [2.75, 3.05) is 0 Å². The lowest BCUT2D eigenvalue weighted by Gasteiger charge is -2.08. The highest BCUT2D eigenvalue weighted by molar-refractivity contribution is 6.05. The van der Waals surface area contributed by atoms with Crippen LogP contribution in [0.25, 0.3) is 43.8 Å². The van der Waals surface area contributed by atoms with Gasteiger partial charge in [0.2, 0.25) is 0 Å². The number of rotatable bonds is 2. The predicted molar refractivity (Wildman–Crippen MR) is 109 cm³/mol. The van der Waals surface area contributed by atoms with Gasteiger partial charge in [0.15, 0.2) is 5.43 Å². The van der Waals surface area contributed by atoms with Crippen LogP contribution in [0.5, 0.6) is 0 Å². The van der Waals surface area contributed by atoms with E-state index in [0.717, 1.165) is 39.6 Å². The number of hydrogen-bond acceptors (Lipinski definition) is 1. The van der Waals surface area contributed by atoms with E-state index in [9.17, 15) is 4.79 Å². The van der Waals surface area contributed by atoms with Crippen LogP contribution in [0.3, 0.4) is 0 Å². The first-order valence-corrected chi connectivity index (χ1v) is 8.88. The fourth-order valence-corrected chi connectivity index (χ4v) is 3.81. The van der Waals surface area contributed by atoms with Crippen LogP contribution < -0.4 is 5.43 Å². The molecule has 3 heteroatoms. The molecule has 0 aliphatic rings. The lowest BCUT2D eigenvalue weighted by molar-refractivity contribution is 0.798. The smallest absolute Gasteiger partial charge is 0.190 e. The van der Waals surface area contributed by atoms with Crippen molar-refractivity contribution >= 4 is 32.6 Å². The summed E-state index contributed by atoms with van der Waals surface area (Å²) in [6.07, 6.45) is 2.04. The molecule has 0 spiro atoms. The maximum absolute atomic E-state index is 12.9. The second-order valence-electron chi connectivity index (χ2n) is 6.63. The van der Waals surface area contributed by atoms with Gasteiger partial charge in [-0.2, -0.15) is 0 Å². The van der Waals surface area contributed by atoms with Gasteiger partial charge in [0, 0.05) is 35.4 Å². The van der Waals surface area contributed by atoms with Crippen LogP contribution in [-0.2, 0) is 6.54 Å². The fraction of sp³-hybridized carbons (Fsp3) is 0.0870. The molecule has 5 aromatic rings. The van der Waals surface area contributed by atoms with Crippen molar-refractivity contribution in [3.8, 4) is 11.3 Å². The molecule has 0 radical (unpaired) electrons. The van der Waals surface area contributed by atoms with Gasteiger partial charge < -0.3 is 9.55 Å². The van der Waals surface area contributed by atoms with Crippen molar-refractivity contribution < 1.29 is 0 Å². The minimum atomic E-state index is 0.0568. The number of nitrogens with one attached hydrogen (secondary N) is 1. The molecule has 126 valence electrons. The van der Waals surface area contributed by atoms with E-state index in [1.165, 1.54) is 10.8 Å². The first-order chi connectivity index (χ1) is 12.7. The summed E-state index contributed by atoms with van der Waals surface area (Å²) in [6.45, 7) is 3.00. The minimum Gasteiger partial charge on any atom is -0.354 e. The number of pyridine rings is 1. The molecule has 26 heavy (non-hydrogen) atoms. The molecule has 0 bridgehead atoms. The highest BCUT2D eigenvalue weighted by Gasteiger charge is 2.10. The van der Waals surface area contributed by atoms with Crippen LogP contribution in [-0.4, -0.2) is 9.55 Å². The van der Waals surface area contributed by atoms with Crippen molar-refractivity contribution in [2.24, 2.45) is 0 Å². The topological polar surface area (TPSA) is 37.8 Å². The Balaban J connectivity index is 1.76. The fourth-order valence-electron chi connectivity index (χ4n) is 3.81. The first kappa shape index (κ1) is 15.0. The van der Waals surface area contributed by atoms with Crippen molar-refractivity contribution in [1.29, 1.82) is 0 Å². The van der Waals surface area contributed by atoms with E-state index in [2.05, 4.69) is 52.9 Å². The van der Waals surface area contributed by atoms with Crippen LogP contribution in [0.1, 0.15) is 6.92 Å². The van der Waals surface area contributed by atoms with Crippen molar-refractivity contribution in [3.05, 3.63) is 83.2 Å². The van der Waals surface area contributed by atoms with Gasteiger partial charge in [-0.15, -0.1) is 0 Å². The monoisotopic (exact) mass is 338 g/mol. The molecule has 3 aromatic carbocycles. The Morgan fingerprint density at radius 3 is 2.62 bits per heavy atom. The molecule has 3 nitrogen and oxygen atoms in total. The third-order valence-corrected chi connectivity index (χ3v) is 5.15. The SMILES string of the molecule is CCn1ccc2c3c(=O)cc(-c4ccc5ccccc5c4)[nH]c3ccc21. The molecular weight excluding hydrogens is 320 g/mol. The lowest BCUT2D eigenvalue weighted by Crippen LogP contribution is -2.03. The molecule has 0 fully saturated rings. The molecule has 0 saturated heterocycles. The number of benzene rings is 3. The Bertz CT molecular complexity index is 1340. The zero-order valence-electron chi connectivity index (χ0n) is 14.5. The first-order valence-electron chi connectivity index (χ1n) is 8.88. The quantitative estimate of drug-likeness (QED) is 0.464. The molecule has 0 atom stereocenters. The van der Waals surface area contributed by atoms with E-state index in [1.54, 1.807) is 6.07 Å². The second kappa shape index (κ2) is 5.60. The maximum Gasteiger partial charge on any atom is 0.190 e. The second-order valence-corrected chi connectivity index (χ2v) is 6.63. The number of aromatic nitrogens is 2. The zero-order chi connectivity index (χ0) is 17.7. The Labute approximate surface area is 150 Å². The molecule has 0 aliphatic carbocycles. The van der Waals surface area contributed by atoms with E-state index in [-0.39, 0.29) is 5.43 Å². The standard InChI is InChI=1S/C23H18N2O/c1-2-25-12-11-18-21(25)10-9-19-23(18)22(26)14-20(24-19)17-8-7-15-5-3-4-6-16(15)13-17/h3-14H,2H2,1H3,(H,24,26). The van der Waals surface area contributed by atoms with E-state index >= 15 is 0 Å². The highest BCUT2D eigenvalue weighted by atomic mass is 16.1. The van der Waals surface area contributed by atoms with Crippen LogP contribution in [0.4, 0.5) is 0 Å². The number of H-pyrrole nitrogens is 1. The van der Waals surface area contributed by atoms with Gasteiger partial charge in [0.25, 0.3) is 0 Å². The average Bonchev–Trinajstić information content (AvgIpc) is 3.10. The Kier molecular flexibility index (Phi) is 3.22. The molecule has 2 heterocycles. The van der Waals surface area contributed by atoms with Gasteiger partial charge in [-0.05, 0) is 47.5 Å². The third kappa shape index (κ3) is 2.17. The third-order valence-electron chi connectivity index (χ3n) is 5.15. The summed E-state index contributed by atoms with van der Waals surface area (Å²) in [5.41, 5.74) is 3.91. The lowest BCUT2D eigenvalue weighted by atomic mass is 10.0. The molecule has 0 unspecified atom stereocenters. The zero-order valence-corrected chi connectivity index (χ0v) is 14.5. The largest absolute Gasteiger partial charge is 0.354 e. The van der Waals surface area contributed by atoms with Crippen molar-refractivity contribution in [2.45, 2.75) is 13.5 Å². The minimum absolute atomic E-state index is 0.0568. The van der Waals surface area contributed by atoms with Crippen LogP contribution in [0.15, 0.2) is 77.7 Å². The van der Waals surface area contributed by atoms with E-state index in [4.69, 9.17) is 0 Å². The van der Waals surface area contributed by atoms with Crippen molar-refractivity contribution in [3.63, 3.8) is 0 Å². The molecule has 5 rings (SSSR count). The molecule has 0 amide bonds. The van der Waals surface area contributed by atoms with Crippen LogP contribution >= 0.6 is 0 Å². The van der Waals surface area contributed by atoms with E-state index in [1.807, 2.05) is 30.5 Å². The summed E-state index contributed by atoms with van der Waals surface area (Å²) in [7, 11) is 0. The summed E-state index contributed by atoms with van der Waals surface area (Å²) >= 11 is 0. The summed E-state index contributed by atoms with van der Waals surface area (Å²) in [4.78, 5) is 16.4. The number of hydrogen-bond donors (Lipinski definition) is 1. The average molecular weight is 338 g/mol. The van der Waals surface area contributed by atoms with Crippen LogP contribution in [0, 0.1) is 0 Å². The normalized spacial score (nSPS) is 11.6. The Morgan fingerprint density at radius 1 is 0.923 bits per heavy atom. The predicted octanol–water partition coefficient (Wildman–Crippen LogP) is 5.32. The number of nitrogens with zero attached hydrogens (tertiary/aromatic N) is 1.